The number of thiazole rings is 1. The predicted molar refractivity (Wildman–Crippen MR) is 65.9 cm³/mol. The van der Waals surface area contributed by atoms with E-state index in [0.29, 0.717) is 10.0 Å². The summed E-state index contributed by atoms with van der Waals surface area (Å²) in [5.74, 6) is -3.12. The Morgan fingerprint density at radius 1 is 1.50 bits per heavy atom. The van der Waals surface area contributed by atoms with E-state index >= 15 is 0 Å². The molecule has 1 N–H and O–H groups in total. The first-order chi connectivity index (χ1) is 8.58. The average Bonchev–Trinajstić information content (AvgIpc) is 2.81. The maximum atomic E-state index is 12.0. The Hall–Kier alpha value is -1.40. The first-order valence-electron chi connectivity index (χ1n) is 5.32. The highest BCUT2D eigenvalue weighted by Crippen LogP contribution is 2.32. The van der Waals surface area contributed by atoms with Gasteiger partial charge in [0.15, 0.2) is 0 Å². The Kier molecular flexibility index (Phi) is 3.98. The van der Waals surface area contributed by atoms with Gasteiger partial charge in [-0.2, -0.15) is 0 Å². The third kappa shape index (κ3) is 2.88. The van der Waals surface area contributed by atoms with E-state index in [1.54, 1.807) is 11.6 Å². The maximum absolute atomic E-state index is 12.0. The third-order valence-corrected chi connectivity index (χ3v) is 3.81. The van der Waals surface area contributed by atoms with Crippen molar-refractivity contribution >= 4 is 39.8 Å². The summed E-state index contributed by atoms with van der Waals surface area (Å²) in [4.78, 5) is 26.8. The minimum atomic E-state index is -1.22. The number of carboxylic acids is 1. The number of hydrogen-bond donors (Lipinski definition) is 1. The van der Waals surface area contributed by atoms with E-state index in [2.05, 4.69) is 10.3 Å². The Morgan fingerprint density at radius 2 is 2.28 bits per heavy atom. The second kappa shape index (κ2) is 5.49. The fourth-order valence-corrected chi connectivity index (χ4v) is 2.65. The number of nitrogens with one attached hydrogen (secondary N) is 1. The summed E-state index contributed by atoms with van der Waals surface area (Å²) in [6.45, 7) is 0. The normalized spacial score (nSPS) is 23.3. The molecule has 18 heavy (non-hydrogen) atoms. The molecule has 0 fully saturated rings. The molecule has 0 aliphatic heterocycles. The van der Waals surface area contributed by atoms with Gasteiger partial charge < -0.3 is 15.2 Å². The van der Waals surface area contributed by atoms with Crippen LogP contribution in [0.5, 0.6) is 0 Å². The van der Waals surface area contributed by atoms with Gasteiger partial charge in [-0.3, -0.25) is 9.78 Å². The van der Waals surface area contributed by atoms with Gasteiger partial charge in [-0.25, -0.2) is 0 Å². The van der Waals surface area contributed by atoms with Crippen LogP contribution in [0.4, 0.5) is 5.00 Å². The summed E-state index contributed by atoms with van der Waals surface area (Å²) in [6.07, 6.45) is 3.59. The third-order valence-electron chi connectivity index (χ3n) is 2.81. The van der Waals surface area contributed by atoms with Gasteiger partial charge in [-0.05, 0) is 12.8 Å². The molecule has 2 rings (SSSR count). The molecule has 0 bridgehead atoms. The zero-order valence-corrected chi connectivity index (χ0v) is 10.8. The van der Waals surface area contributed by atoms with Crippen LogP contribution in [0.1, 0.15) is 12.8 Å². The maximum Gasteiger partial charge on any atom is 0.229 e. The monoisotopic (exact) mass is 285 g/mol. The fraction of sp³-hybridized carbons (Fsp3) is 0.364. The number of nitrogens with zero attached hydrogens (tertiary/aromatic N) is 1. The summed E-state index contributed by atoms with van der Waals surface area (Å²) in [7, 11) is 0. The predicted octanol–water partition coefficient (Wildman–Crippen LogP) is 0.980. The average molecular weight is 286 g/mol. The largest absolute Gasteiger partial charge is 0.550 e. The van der Waals surface area contributed by atoms with E-state index in [9.17, 15) is 14.7 Å². The number of carbonyl (C=O) groups is 2. The van der Waals surface area contributed by atoms with E-state index in [1.807, 2.05) is 0 Å². The lowest BCUT2D eigenvalue weighted by Gasteiger charge is -2.29. The van der Waals surface area contributed by atoms with Gasteiger partial charge in [0.05, 0.1) is 17.6 Å². The van der Waals surface area contributed by atoms with Crippen molar-refractivity contribution in [3.8, 4) is 0 Å². The Bertz CT molecular complexity index is 486. The van der Waals surface area contributed by atoms with Crippen LogP contribution < -0.4 is 10.4 Å². The molecule has 0 saturated carbocycles. The quantitative estimate of drug-likeness (QED) is 0.897. The molecular weight excluding hydrogens is 276 g/mol. The van der Waals surface area contributed by atoms with Crippen LogP contribution in [0, 0.1) is 11.8 Å². The molecule has 1 aromatic rings. The van der Waals surface area contributed by atoms with Crippen LogP contribution in [-0.4, -0.2) is 16.9 Å². The number of carbonyl (C=O) groups excluding carboxylic acids is 2. The van der Waals surface area contributed by atoms with Crippen LogP contribution >= 0.6 is 22.9 Å². The number of halogens is 1. The second-order valence-electron chi connectivity index (χ2n) is 3.98. The lowest BCUT2D eigenvalue weighted by molar-refractivity contribution is -0.313. The SMILES string of the molecule is O=C([O-])[C@H]1CC=C(Cl)C[C@H]1C(=O)Nc1cncs1. The molecule has 7 heteroatoms. The van der Waals surface area contributed by atoms with Crippen LogP contribution in [0.25, 0.3) is 0 Å². The highest BCUT2D eigenvalue weighted by atomic mass is 35.5. The highest BCUT2D eigenvalue weighted by Gasteiger charge is 2.32. The summed E-state index contributed by atoms with van der Waals surface area (Å²) >= 11 is 7.14. The number of carboxylic acid groups (broad SMARTS) is 1. The second-order valence-corrected chi connectivity index (χ2v) is 5.35. The van der Waals surface area contributed by atoms with Gasteiger partial charge in [-0.1, -0.05) is 17.7 Å². The van der Waals surface area contributed by atoms with Crippen molar-refractivity contribution in [3.05, 3.63) is 22.8 Å². The molecule has 0 spiro atoms. The summed E-state index contributed by atoms with van der Waals surface area (Å²) in [6, 6.07) is 0. The molecule has 5 nitrogen and oxygen atoms in total. The van der Waals surface area contributed by atoms with E-state index < -0.39 is 17.8 Å². The summed E-state index contributed by atoms with van der Waals surface area (Å²) in [5, 5.41) is 14.7. The topological polar surface area (TPSA) is 82.1 Å². The standard InChI is InChI=1S/C11H11ClN2O3S/c12-6-1-2-7(11(16)17)8(3-6)10(15)14-9-4-13-5-18-9/h1,4-5,7-8H,2-3H2,(H,14,15)(H,16,17)/p-1/t7-,8+/m0/s1. The van der Waals surface area contributed by atoms with E-state index in [1.165, 1.54) is 17.5 Å². The number of anilines is 1. The minimum absolute atomic E-state index is 0.224. The van der Waals surface area contributed by atoms with Crippen molar-refractivity contribution in [1.82, 2.24) is 4.98 Å². The lowest BCUT2D eigenvalue weighted by atomic mass is 9.82. The smallest absolute Gasteiger partial charge is 0.229 e. The van der Waals surface area contributed by atoms with Crippen LogP contribution in [-0.2, 0) is 9.59 Å². The minimum Gasteiger partial charge on any atom is -0.550 e. The molecule has 0 radical (unpaired) electrons. The molecule has 1 amide bonds. The summed E-state index contributed by atoms with van der Waals surface area (Å²) in [5.41, 5.74) is 1.58. The van der Waals surface area contributed by atoms with Crippen molar-refractivity contribution in [3.63, 3.8) is 0 Å². The van der Waals surface area contributed by atoms with E-state index in [-0.39, 0.29) is 18.7 Å². The Labute approximate surface area is 112 Å². The number of aliphatic carboxylic acids is 1. The fourth-order valence-electron chi connectivity index (χ4n) is 1.88. The van der Waals surface area contributed by atoms with Gasteiger partial charge in [-0.15, -0.1) is 11.3 Å². The lowest BCUT2D eigenvalue weighted by Crippen LogP contribution is -2.41. The first kappa shape index (κ1) is 13.0. The van der Waals surface area contributed by atoms with Gasteiger partial charge in [0, 0.05) is 16.9 Å². The zero-order chi connectivity index (χ0) is 13.1. The molecule has 2 atom stereocenters. The molecular formula is C11H10ClN2O3S-. The number of hydrogen-bond acceptors (Lipinski definition) is 5. The van der Waals surface area contributed by atoms with E-state index in [0.717, 1.165) is 0 Å². The van der Waals surface area contributed by atoms with Crippen LogP contribution in [0.2, 0.25) is 0 Å². The Balaban J connectivity index is 2.11. The number of amides is 1. The van der Waals surface area contributed by atoms with Crippen LogP contribution in [0.3, 0.4) is 0 Å². The first-order valence-corrected chi connectivity index (χ1v) is 6.58. The molecule has 1 aliphatic rings. The molecule has 1 aromatic heterocycles. The number of allylic oxidation sites excluding steroid dienone is 2. The van der Waals surface area contributed by atoms with E-state index in [4.69, 9.17) is 11.6 Å². The molecule has 0 aromatic carbocycles. The van der Waals surface area contributed by atoms with Gasteiger partial charge >= 0.3 is 0 Å². The van der Waals surface area contributed by atoms with Crippen LogP contribution in [0.15, 0.2) is 22.8 Å². The van der Waals surface area contributed by atoms with Gasteiger partial charge in [0.2, 0.25) is 5.91 Å². The number of aromatic nitrogens is 1. The van der Waals surface area contributed by atoms with Crippen molar-refractivity contribution in [2.24, 2.45) is 11.8 Å². The Morgan fingerprint density at radius 3 is 2.89 bits per heavy atom. The van der Waals surface area contributed by atoms with Gasteiger partial charge in [0.1, 0.15) is 5.00 Å². The molecule has 0 saturated heterocycles. The van der Waals surface area contributed by atoms with Gasteiger partial charge in [0.25, 0.3) is 0 Å². The van der Waals surface area contributed by atoms with Crippen molar-refractivity contribution in [1.29, 1.82) is 0 Å². The highest BCUT2D eigenvalue weighted by molar-refractivity contribution is 7.13. The molecule has 96 valence electrons. The molecule has 1 aliphatic carbocycles. The molecule has 0 unspecified atom stereocenters. The summed E-state index contributed by atoms with van der Waals surface area (Å²) < 4.78 is 0. The van der Waals surface area contributed by atoms with Crippen molar-refractivity contribution in [2.75, 3.05) is 5.32 Å². The zero-order valence-electron chi connectivity index (χ0n) is 9.26. The molecule has 1 heterocycles. The van der Waals surface area contributed by atoms with Crippen molar-refractivity contribution < 1.29 is 14.7 Å². The van der Waals surface area contributed by atoms with Crippen molar-refractivity contribution in [2.45, 2.75) is 12.8 Å². The number of rotatable bonds is 3.